The first-order valence-corrected chi connectivity index (χ1v) is 8.06. The summed E-state index contributed by atoms with van der Waals surface area (Å²) in [5, 5.41) is 0. The molecular weight excluding hydrogens is 318 g/mol. The molecule has 20 heavy (non-hydrogen) atoms. The quantitative estimate of drug-likeness (QED) is 0.827. The Hall–Kier alpha value is -0.810. The van der Waals surface area contributed by atoms with Gasteiger partial charge in [-0.3, -0.25) is 4.79 Å². The van der Waals surface area contributed by atoms with E-state index in [0.29, 0.717) is 0 Å². The van der Waals surface area contributed by atoms with Crippen molar-refractivity contribution in [2.75, 3.05) is 26.7 Å². The van der Waals surface area contributed by atoms with Crippen LogP contribution in [-0.4, -0.2) is 53.0 Å². The Morgan fingerprint density at radius 1 is 1.40 bits per heavy atom. The lowest BCUT2D eigenvalue weighted by Crippen LogP contribution is -2.42. The van der Waals surface area contributed by atoms with Crippen LogP contribution in [0.5, 0.6) is 0 Å². The average molecular weight is 342 g/mol. The van der Waals surface area contributed by atoms with E-state index in [1.165, 1.54) is 0 Å². The van der Waals surface area contributed by atoms with Crippen LogP contribution in [0.3, 0.4) is 0 Å². The summed E-state index contributed by atoms with van der Waals surface area (Å²) in [6.07, 6.45) is 3.03. The van der Waals surface area contributed by atoms with Crippen LogP contribution in [0.15, 0.2) is 16.7 Å². The highest BCUT2D eigenvalue weighted by atomic mass is 79.9. The highest BCUT2D eigenvalue weighted by molar-refractivity contribution is 9.10. The lowest BCUT2D eigenvalue weighted by molar-refractivity contribution is 0.0684. The smallest absolute Gasteiger partial charge is 0.270 e. The van der Waals surface area contributed by atoms with Gasteiger partial charge in [-0.1, -0.05) is 0 Å². The molecule has 1 atom stereocenters. The molecule has 4 nitrogen and oxygen atoms in total. The minimum atomic E-state index is 0.146. The van der Waals surface area contributed by atoms with Gasteiger partial charge in [-0.15, -0.1) is 0 Å². The van der Waals surface area contributed by atoms with E-state index in [0.717, 1.165) is 36.2 Å². The topological polar surface area (TPSA) is 28.5 Å². The van der Waals surface area contributed by atoms with Gasteiger partial charge in [0, 0.05) is 35.8 Å². The molecule has 0 radical (unpaired) electrons. The third-order valence-corrected chi connectivity index (χ3v) is 4.33. The first kappa shape index (κ1) is 15.6. The van der Waals surface area contributed by atoms with Crippen LogP contribution in [0, 0.1) is 0 Å². The number of nitrogens with zero attached hydrogens (tertiary/aromatic N) is 3. The fourth-order valence-electron chi connectivity index (χ4n) is 2.87. The predicted molar refractivity (Wildman–Crippen MR) is 85.1 cm³/mol. The van der Waals surface area contributed by atoms with Gasteiger partial charge < -0.3 is 14.4 Å². The van der Waals surface area contributed by atoms with Crippen molar-refractivity contribution < 1.29 is 4.79 Å². The number of amides is 1. The van der Waals surface area contributed by atoms with Gasteiger partial charge in [-0.25, -0.2) is 0 Å². The number of rotatable bonds is 2. The van der Waals surface area contributed by atoms with Gasteiger partial charge in [-0.05, 0) is 62.8 Å². The molecule has 1 amide bonds. The van der Waals surface area contributed by atoms with Crippen molar-refractivity contribution >= 4 is 21.8 Å². The summed E-state index contributed by atoms with van der Waals surface area (Å²) in [7, 11) is 2.12. The van der Waals surface area contributed by atoms with Gasteiger partial charge in [0.15, 0.2) is 0 Å². The van der Waals surface area contributed by atoms with Crippen molar-refractivity contribution in [3.63, 3.8) is 0 Å². The zero-order valence-electron chi connectivity index (χ0n) is 12.8. The van der Waals surface area contributed by atoms with Gasteiger partial charge in [0.1, 0.15) is 5.69 Å². The van der Waals surface area contributed by atoms with Gasteiger partial charge in [0.25, 0.3) is 5.91 Å². The second-order valence-electron chi connectivity index (χ2n) is 6.01. The first-order valence-electron chi connectivity index (χ1n) is 7.27. The summed E-state index contributed by atoms with van der Waals surface area (Å²) < 4.78 is 3.02. The number of carbonyl (C=O) groups is 1. The SMILES string of the molecule is CC1CN(C)CCCN1C(=O)c1cc(Br)cn1C(C)C. The van der Waals surface area contributed by atoms with Gasteiger partial charge >= 0.3 is 0 Å². The third kappa shape index (κ3) is 3.26. The van der Waals surface area contributed by atoms with Crippen LogP contribution in [0.2, 0.25) is 0 Å². The van der Waals surface area contributed by atoms with Crippen molar-refractivity contribution in [3.8, 4) is 0 Å². The van der Waals surface area contributed by atoms with Crippen LogP contribution >= 0.6 is 15.9 Å². The van der Waals surface area contributed by atoms with Crippen molar-refractivity contribution in [2.45, 2.75) is 39.3 Å². The minimum Gasteiger partial charge on any atom is -0.340 e. The number of hydrogen-bond donors (Lipinski definition) is 0. The fourth-order valence-corrected chi connectivity index (χ4v) is 3.30. The van der Waals surface area contributed by atoms with Crippen LogP contribution in [0.25, 0.3) is 0 Å². The second kappa shape index (κ2) is 6.31. The van der Waals surface area contributed by atoms with E-state index in [1.807, 2.05) is 21.7 Å². The monoisotopic (exact) mass is 341 g/mol. The van der Waals surface area contributed by atoms with E-state index in [2.05, 4.69) is 48.6 Å². The molecule has 1 aliphatic rings. The molecule has 1 aromatic rings. The number of aromatic nitrogens is 1. The molecule has 1 saturated heterocycles. The number of likely N-dealkylation sites (N-methyl/N-ethyl adjacent to an activating group) is 1. The zero-order valence-corrected chi connectivity index (χ0v) is 14.4. The third-order valence-electron chi connectivity index (χ3n) is 3.90. The van der Waals surface area contributed by atoms with Crippen molar-refractivity contribution in [3.05, 3.63) is 22.4 Å². The van der Waals surface area contributed by atoms with Crippen LogP contribution in [0.4, 0.5) is 0 Å². The maximum absolute atomic E-state index is 12.9. The summed E-state index contributed by atoms with van der Waals surface area (Å²) in [4.78, 5) is 17.2. The van der Waals surface area contributed by atoms with Gasteiger partial charge in [0.05, 0.1) is 0 Å². The molecule has 1 aromatic heterocycles. The van der Waals surface area contributed by atoms with E-state index >= 15 is 0 Å². The van der Waals surface area contributed by atoms with Crippen LogP contribution in [-0.2, 0) is 0 Å². The van der Waals surface area contributed by atoms with Gasteiger partial charge in [-0.2, -0.15) is 0 Å². The average Bonchev–Trinajstić information content (AvgIpc) is 2.67. The van der Waals surface area contributed by atoms with E-state index in [4.69, 9.17) is 0 Å². The highest BCUT2D eigenvalue weighted by Gasteiger charge is 2.27. The van der Waals surface area contributed by atoms with E-state index in [9.17, 15) is 4.79 Å². The first-order chi connectivity index (χ1) is 9.40. The summed E-state index contributed by atoms with van der Waals surface area (Å²) >= 11 is 3.48. The summed E-state index contributed by atoms with van der Waals surface area (Å²) in [5.41, 5.74) is 0.781. The van der Waals surface area contributed by atoms with E-state index in [1.54, 1.807) is 0 Å². The van der Waals surface area contributed by atoms with Crippen LogP contribution in [0.1, 0.15) is 43.7 Å². The van der Waals surface area contributed by atoms with E-state index in [-0.39, 0.29) is 18.0 Å². The molecule has 0 aliphatic carbocycles. The van der Waals surface area contributed by atoms with Crippen LogP contribution < -0.4 is 0 Å². The molecule has 2 rings (SSSR count). The molecule has 0 bridgehead atoms. The molecule has 1 aliphatic heterocycles. The predicted octanol–water partition coefficient (Wildman–Crippen LogP) is 3.00. The van der Waals surface area contributed by atoms with Crippen molar-refractivity contribution in [1.82, 2.24) is 14.4 Å². The van der Waals surface area contributed by atoms with E-state index < -0.39 is 0 Å². The summed E-state index contributed by atoms with van der Waals surface area (Å²) in [5.74, 6) is 0.146. The fraction of sp³-hybridized carbons (Fsp3) is 0.667. The molecule has 1 unspecified atom stereocenters. The molecule has 0 saturated carbocycles. The lowest BCUT2D eigenvalue weighted by atomic mass is 10.2. The molecule has 0 aromatic carbocycles. The second-order valence-corrected chi connectivity index (χ2v) is 6.92. The Kier molecular flexibility index (Phi) is 4.91. The Bertz CT molecular complexity index is 483. The standard InChI is InChI=1S/C15H24BrN3O/c1-11(2)19-10-13(16)8-14(19)15(20)18-7-5-6-17(4)9-12(18)3/h8,10-12H,5-7,9H2,1-4H3. The molecule has 0 spiro atoms. The Morgan fingerprint density at radius 2 is 2.10 bits per heavy atom. The molecule has 0 N–H and O–H groups in total. The Balaban J connectivity index is 2.26. The largest absolute Gasteiger partial charge is 0.340 e. The Morgan fingerprint density at radius 3 is 2.75 bits per heavy atom. The number of carbonyl (C=O) groups excluding carboxylic acids is 1. The number of hydrogen-bond acceptors (Lipinski definition) is 2. The lowest BCUT2D eigenvalue weighted by Gasteiger charge is -2.28. The normalized spacial score (nSPS) is 21.3. The van der Waals surface area contributed by atoms with Gasteiger partial charge in [0.2, 0.25) is 0 Å². The van der Waals surface area contributed by atoms with Crippen molar-refractivity contribution in [2.24, 2.45) is 0 Å². The van der Waals surface area contributed by atoms with Crippen molar-refractivity contribution in [1.29, 1.82) is 0 Å². The highest BCUT2D eigenvalue weighted by Crippen LogP contribution is 2.22. The minimum absolute atomic E-state index is 0.146. The summed E-state index contributed by atoms with van der Waals surface area (Å²) in [6, 6.07) is 2.47. The molecular formula is C15H24BrN3O. The molecule has 2 heterocycles. The Labute approximate surface area is 129 Å². The summed E-state index contributed by atoms with van der Waals surface area (Å²) in [6.45, 7) is 9.17. The molecule has 5 heteroatoms. The molecule has 1 fully saturated rings. The molecule has 112 valence electrons. The zero-order chi connectivity index (χ0) is 14.9. The number of halogens is 1. The maximum Gasteiger partial charge on any atom is 0.270 e. The maximum atomic E-state index is 12.9.